The molecule has 0 bridgehead atoms. The number of nitrogens with one attached hydrogen (secondary N) is 1. The van der Waals surface area contributed by atoms with Crippen molar-refractivity contribution in [2.75, 3.05) is 11.9 Å². The first-order valence-corrected chi connectivity index (χ1v) is 4.49. The summed E-state index contributed by atoms with van der Waals surface area (Å²) < 4.78 is 25.6. The number of anilines is 1. The van der Waals surface area contributed by atoms with E-state index >= 15 is 0 Å². The van der Waals surface area contributed by atoms with Gasteiger partial charge in [0.25, 0.3) is 0 Å². The molecule has 76 valence electrons. The molecule has 0 heterocycles. The maximum absolute atomic E-state index is 13.1. The average molecular weight is 197 g/mol. The van der Waals surface area contributed by atoms with Gasteiger partial charge in [0.2, 0.25) is 0 Å². The van der Waals surface area contributed by atoms with Crippen LogP contribution in [-0.2, 0) is 0 Å². The SMILES string of the molecule is C=C(CC)CNc1ccc(F)cc1F. The van der Waals surface area contributed by atoms with Crippen molar-refractivity contribution in [2.24, 2.45) is 0 Å². The highest BCUT2D eigenvalue weighted by molar-refractivity contribution is 5.45. The van der Waals surface area contributed by atoms with Crippen LogP contribution in [0.1, 0.15) is 13.3 Å². The third kappa shape index (κ3) is 2.83. The van der Waals surface area contributed by atoms with Crippen molar-refractivity contribution in [3.63, 3.8) is 0 Å². The van der Waals surface area contributed by atoms with E-state index in [2.05, 4.69) is 11.9 Å². The van der Waals surface area contributed by atoms with Crippen LogP contribution in [0, 0.1) is 11.6 Å². The van der Waals surface area contributed by atoms with Crippen LogP contribution in [0.2, 0.25) is 0 Å². The number of rotatable bonds is 4. The molecule has 0 fully saturated rings. The first-order valence-electron chi connectivity index (χ1n) is 4.49. The van der Waals surface area contributed by atoms with Crippen LogP contribution in [0.25, 0.3) is 0 Å². The Morgan fingerprint density at radius 2 is 2.14 bits per heavy atom. The van der Waals surface area contributed by atoms with E-state index in [-0.39, 0.29) is 0 Å². The normalized spacial score (nSPS) is 9.93. The molecule has 14 heavy (non-hydrogen) atoms. The second-order valence-corrected chi connectivity index (χ2v) is 3.08. The van der Waals surface area contributed by atoms with Crippen molar-refractivity contribution < 1.29 is 8.78 Å². The Bertz CT molecular complexity index is 334. The van der Waals surface area contributed by atoms with Gasteiger partial charge in [0.05, 0.1) is 5.69 Å². The molecule has 0 amide bonds. The van der Waals surface area contributed by atoms with Gasteiger partial charge in [-0.1, -0.05) is 19.1 Å². The molecule has 0 unspecified atom stereocenters. The van der Waals surface area contributed by atoms with Crippen LogP contribution in [-0.4, -0.2) is 6.54 Å². The summed E-state index contributed by atoms with van der Waals surface area (Å²) >= 11 is 0. The third-order valence-corrected chi connectivity index (χ3v) is 1.96. The van der Waals surface area contributed by atoms with Crippen molar-refractivity contribution in [3.05, 3.63) is 42.0 Å². The highest BCUT2D eigenvalue weighted by atomic mass is 19.1. The lowest BCUT2D eigenvalue weighted by Gasteiger charge is -2.08. The van der Waals surface area contributed by atoms with Gasteiger partial charge in [-0.15, -0.1) is 0 Å². The van der Waals surface area contributed by atoms with Gasteiger partial charge in [0.1, 0.15) is 11.6 Å². The predicted molar refractivity (Wildman–Crippen MR) is 54.3 cm³/mol. The molecule has 0 atom stereocenters. The quantitative estimate of drug-likeness (QED) is 0.730. The van der Waals surface area contributed by atoms with E-state index in [1.165, 1.54) is 12.1 Å². The van der Waals surface area contributed by atoms with Gasteiger partial charge in [-0.2, -0.15) is 0 Å². The summed E-state index contributed by atoms with van der Waals surface area (Å²) in [7, 11) is 0. The topological polar surface area (TPSA) is 12.0 Å². The van der Waals surface area contributed by atoms with Gasteiger partial charge in [-0.05, 0) is 18.6 Å². The van der Waals surface area contributed by atoms with Gasteiger partial charge in [-0.3, -0.25) is 0 Å². The second-order valence-electron chi connectivity index (χ2n) is 3.08. The Labute approximate surface area is 82.4 Å². The zero-order valence-corrected chi connectivity index (χ0v) is 8.11. The fourth-order valence-corrected chi connectivity index (χ4v) is 0.978. The smallest absolute Gasteiger partial charge is 0.149 e. The van der Waals surface area contributed by atoms with Crippen molar-refractivity contribution in [2.45, 2.75) is 13.3 Å². The van der Waals surface area contributed by atoms with Gasteiger partial charge in [-0.25, -0.2) is 8.78 Å². The van der Waals surface area contributed by atoms with E-state index in [4.69, 9.17) is 0 Å². The van der Waals surface area contributed by atoms with Gasteiger partial charge in [0, 0.05) is 12.6 Å². The number of benzene rings is 1. The molecule has 0 aliphatic carbocycles. The molecular formula is C11H13F2N. The molecule has 0 saturated heterocycles. The molecule has 0 aromatic heterocycles. The summed E-state index contributed by atoms with van der Waals surface area (Å²) in [6, 6.07) is 3.46. The lowest BCUT2D eigenvalue weighted by atomic mass is 10.2. The Balaban J connectivity index is 2.63. The maximum atomic E-state index is 13.1. The van der Waals surface area contributed by atoms with E-state index in [1.807, 2.05) is 6.92 Å². The highest BCUT2D eigenvalue weighted by Gasteiger charge is 2.02. The summed E-state index contributed by atoms with van der Waals surface area (Å²) in [5.74, 6) is -1.14. The summed E-state index contributed by atoms with van der Waals surface area (Å²) in [6.07, 6.45) is 0.843. The van der Waals surface area contributed by atoms with Crippen LogP contribution in [0.5, 0.6) is 0 Å². The van der Waals surface area contributed by atoms with Crippen molar-refractivity contribution >= 4 is 5.69 Å². The van der Waals surface area contributed by atoms with Gasteiger partial charge >= 0.3 is 0 Å². The summed E-state index contributed by atoms with van der Waals surface area (Å²) in [6.45, 7) is 6.27. The first kappa shape index (κ1) is 10.7. The Morgan fingerprint density at radius 3 is 2.71 bits per heavy atom. The molecule has 1 nitrogen and oxygen atoms in total. The number of hydrogen-bond acceptors (Lipinski definition) is 1. The van der Waals surface area contributed by atoms with Crippen LogP contribution in [0.3, 0.4) is 0 Å². The molecule has 1 rings (SSSR count). The van der Waals surface area contributed by atoms with Crippen LogP contribution in [0.15, 0.2) is 30.4 Å². The van der Waals surface area contributed by atoms with E-state index in [0.29, 0.717) is 12.2 Å². The lowest BCUT2D eigenvalue weighted by molar-refractivity contribution is 0.585. The Kier molecular flexibility index (Phi) is 3.63. The molecule has 0 aliphatic rings. The molecule has 0 saturated carbocycles. The third-order valence-electron chi connectivity index (χ3n) is 1.96. The molecule has 1 aromatic carbocycles. The summed E-state index contributed by atoms with van der Waals surface area (Å²) in [5.41, 5.74) is 1.29. The minimum Gasteiger partial charge on any atom is -0.379 e. The molecule has 0 spiro atoms. The van der Waals surface area contributed by atoms with Crippen LogP contribution in [0.4, 0.5) is 14.5 Å². The van der Waals surface area contributed by atoms with Gasteiger partial charge < -0.3 is 5.32 Å². The minimum atomic E-state index is -0.575. The molecule has 1 aromatic rings. The second kappa shape index (κ2) is 4.74. The van der Waals surface area contributed by atoms with Crippen LogP contribution < -0.4 is 5.32 Å². The summed E-state index contributed by atoms with van der Waals surface area (Å²) in [4.78, 5) is 0. The Morgan fingerprint density at radius 1 is 1.43 bits per heavy atom. The fourth-order valence-electron chi connectivity index (χ4n) is 0.978. The monoisotopic (exact) mass is 197 g/mol. The van der Waals surface area contributed by atoms with Crippen molar-refractivity contribution in [1.82, 2.24) is 0 Å². The van der Waals surface area contributed by atoms with E-state index < -0.39 is 11.6 Å². The van der Waals surface area contributed by atoms with Crippen LogP contribution >= 0.6 is 0 Å². The van der Waals surface area contributed by atoms with Crippen molar-refractivity contribution in [3.8, 4) is 0 Å². The first-order chi connectivity index (χ1) is 6.63. The predicted octanol–water partition coefficient (Wildman–Crippen LogP) is 3.34. The number of halogens is 2. The van der Waals surface area contributed by atoms with E-state index in [9.17, 15) is 8.78 Å². The van der Waals surface area contributed by atoms with E-state index in [1.54, 1.807) is 0 Å². The lowest BCUT2D eigenvalue weighted by Crippen LogP contribution is -2.05. The molecule has 0 aliphatic heterocycles. The summed E-state index contributed by atoms with van der Waals surface area (Å²) in [5, 5.41) is 2.85. The molecule has 0 radical (unpaired) electrons. The zero-order valence-electron chi connectivity index (χ0n) is 8.11. The Hall–Kier alpha value is -1.38. The standard InChI is InChI=1S/C11H13F2N/c1-3-8(2)7-14-11-5-4-9(12)6-10(11)13/h4-6,14H,2-3,7H2,1H3. The fraction of sp³-hybridized carbons (Fsp3) is 0.273. The van der Waals surface area contributed by atoms with Crippen molar-refractivity contribution in [1.29, 1.82) is 0 Å². The molecule has 3 heteroatoms. The van der Waals surface area contributed by atoms with Gasteiger partial charge in [0.15, 0.2) is 0 Å². The minimum absolute atomic E-state index is 0.306. The highest BCUT2D eigenvalue weighted by Crippen LogP contribution is 2.15. The zero-order chi connectivity index (χ0) is 10.6. The largest absolute Gasteiger partial charge is 0.379 e. The van der Waals surface area contributed by atoms with E-state index in [0.717, 1.165) is 18.1 Å². The molecular weight excluding hydrogens is 184 g/mol. The molecule has 1 N–H and O–H groups in total. The maximum Gasteiger partial charge on any atom is 0.149 e. The number of hydrogen-bond donors (Lipinski definition) is 1. The average Bonchev–Trinajstić information content (AvgIpc) is 2.16.